The van der Waals surface area contributed by atoms with E-state index in [4.69, 9.17) is 9.05 Å². The Labute approximate surface area is 302 Å². The van der Waals surface area contributed by atoms with Gasteiger partial charge in [-0.15, -0.1) is 0 Å². The van der Waals surface area contributed by atoms with Crippen LogP contribution in [0, 0.1) is 27.7 Å². The van der Waals surface area contributed by atoms with E-state index in [1.807, 2.05) is 36.4 Å². The molecule has 0 N–H and O–H groups in total. The monoisotopic (exact) mass is 902 g/mol. The second-order valence-corrected chi connectivity index (χ2v) is 23.9. The molecule has 0 saturated heterocycles. The predicted molar refractivity (Wildman–Crippen MR) is 204 cm³/mol. The Hall–Kier alpha value is -2.10. The van der Waals surface area contributed by atoms with Gasteiger partial charge in [0, 0.05) is 0 Å². The molecule has 1 aliphatic rings. The zero-order valence-corrected chi connectivity index (χ0v) is 34.0. The third-order valence-corrected chi connectivity index (χ3v) is 20.9. The molecule has 7 rings (SSSR count). The number of para-hydroxylation sites is 2. The van der Waals surface area contributed by atoms with E-state index in [2.05, 4.69) is 172 Å². The number of halogens is 2. The van der Waals surface area contributed by atoms with Crippen molar-refractivity contribution < 1.29 is 9.05 Å². The van der Waals surface area contributed by atoms with Crippen LogP contribution in [0.5, 0.6) is 11.5 Å². The fourth-order valence-corrected chi connectivity index (χ4v) is 22.9. The van der Waals surface area contributed by atoms with Gasteiger partial charge in [-0.2, -0.15) is 0 Å². The molecule has 4 nitrogen and oxygen atoms in total. The molecule has 0 unspecified atom stereocenters. The normalized spacial score (nSPS) is 18.6. The molecule has 0 atom stereocenters. The maximum absolute atomic E-state index is 7.31. The topological polar surface area (TPSA) is 28.3 Å². The second kappa shape index (κ2) is 12.4. The van der Waals surface area contributed by atoms with Crippen LogP contribution in [-0.2, 0) is 0 Å². The molecule has 6 aromatic rings. The van der Waals surface area contributed by atoms with Crippen LogP contribution in [0.3, 0.4) is 0 Å². The van der Waals surface area contributed by atoms with Gasteiger partial charge in [0.15, 0.2) is 0 Å². The molecule has 0 bridgehead atoms. The summed E-state index contributed by atoms with van der Waals surface area (Å²) >= 11 is 14.7. The van der Waals surface area contributed by atoms with Gasteiger partial charge in [-0.25, -0.2) is 0 Å². The fraction of sp³-hybridized carbons (Fsp3) is 0.111. The Morgan fingerprint density at radius 1 is 0.457 bits per heavy atom. The van der Waals surface area contributed by atoms with Gasteiger partial charge >= 0.3 is 304 Å². The Morgan fingerprint density at radius 3 is 1.02 bits per heavy atom. The Morgan fingerprint density at radius 2 is 0.739 bits per heavy atom. The van der Waals surface area contributed by atoms with E-state index in [1.54, 1.807) is 0 Å². The Bertz CT molecular complexity index is 1990. The molecule has 232 valence electrons. The molecule has 1 aliphatic heterocycles. The molecule has 0 radical (unpaired) electrons. The first-order chi connectivity index (χ1) is 22.0. The van der Waals surface area contributed by atoms with Crippen LogP contribution < -0.4 is 30.3 Å². The average molecular weight is 902 g/mol. The van der Waals surface area contributed by atoms with Gasteiger partial charge in [0.25, 0.3) is 0 Å². The molecular formula is C36H30Br2N2O2P2Se2. The quantitative estimate of drug-likeness (QED) is 0.124. The molecule has 4 aromatic carbocycles. The van der Waals surface area contributed by atoms with Crippen LogP contribution in [0.1, 0.15) is 22.8 Å². The van der Waals surface area contributed by atoms with Crippen LogP contribution >= 0.6 is 43.3 Å². The van der Waals surface area contributed by atoms with Gasteiger partial charge in [-0.3, -0.25) is 0 Å². The van der Waals surface area contributed by atoms with E-state index < -0.39 is 11.5 Å². The molecule has 2 aromatic heterocycles. The molecule has 0 spiro atoms. The van der Waals surface area contributed by atoms with Crippen molar-refractivity contribution in [3.63, 3.8) is 0 Å². The summed E-state index contributed by atoms with van der Waals surface area (Å²) in [6.45, 7) is 8.89. The molecule has 10 heteroatoms. The maximum atomic E-state index is 7.31. The summed E-state index contributed by atoms with van der Waals surface area (Å²) in [5.74, 6) is 1.67. The van der Waals surface area contributed by atoms with E-state index in [0.717, 1.165) is 54.6 Å². The Balaban J connectivity index is 1.62. The number of hydrogen-bond donors (Lipinski definition) is 0. The first-order valence-electron chi connectivity index (χ1n) is 14.7. The van der Waals surface area contributed by atoms with Crippen LogP contribution in [0.2, 0.25) is 0 Å². The van der Waals surface area contributed by atoms with Gasteiger partial charge in [0.2, 0.25) is 0 Å². The number of hydrogen-bond acceptors (Lipinski definition) is 2. The fourth-order valence-electron chi connectivity index (χ4n) is 6.64. The number of nitrogens with zero attached hydrogens (tertiary/aromatic N) is 2. The first kappa shape index (κ1) is 32.4. The molecule has 0 aliphatic carbocycles. The van der Waals surface area contributed by atoms with Gasteiger partial charge in [0.1, 0.15) is 0 Å². The second-order valence-electron chi connectivity index (χ2n) is 11.3. The summed E-state index contributed by atoms with van der Waals surface area (Å²) < 4.78 is 21.5. The van der Waals surface area contributed by atoms with E-state index >= 15 is 0 Å². The summed E-state index contributed by atoms with van der Waals surface area (Å²) in [6, 6.07) is 37.4. The minimum absolute atomic E-state index is 0.836. The first-order valence-corrected chi connectivity index (χ1v) is 24.1. The van der Waals surface area contributed by atoms with Crippen LogP contribution in [0.4, 0.5) is 0 Å². The van der Waals surface area contributed by atoms with Gasteiger partial charge in [-0.1, -0.05) is 0 Å². The van der Waals surface area contributed by atoms with Crippen LogP contribution in [0.15, 0.2) is 118 Å². The summed E-state index contributed by atoms with van der Waals surface area (Å²) in [4.78, 5) is 0. The number of rotatable bonds is 6. The molecule has 46 heavy (non-hydrogen) atoms. The van der Waals surface area contributed by atoms with E-state index in [0.29, 0.717) is 0 Å². The number of fused-ring (bicyclic) bond motifs is 2. The number of aromatic nitrogens is 2. The number of benzene rings is 4. The molecule has 3 heterocycles. The van der Waals surface area contributed by atoms with Crippen molar-refractivity contribution in [2.24, 2.45) is 0 Å². The van der Waals surface area contributed by atoms with Crippen LogP contribution in [0.25, 0.3) is 11.4 Å². The van der Waals surface area contributed by atoms with E-state index in [-0.39, 0.29) is 0 Å². The zero-order chi connectivity index (χ0) is 32.4. The van der Waals surface area contributed by atoms with Gasteiger partial charge in [0.05, 0.1) is 0 Å². The average Bonchev–Trinajstić information content (AvgIpc) is 3.48. The van der Waals surface area contributed by atoms with Crippen molar-refractivity contribution in [2.75, 3.05) is 0 Å². The van der Waals surface area contributed by atoms with Gasteiger partial charge < -0.3 is 0 Å². The summed E-state index contributed by atoms with van der Waals surface area (Å²) in [5.41, 5.74) is 1.48. The SMILES string of the molecule is Cc1c2c(c(C)n1-c1ccc(Br)cc1)P(=[Se])(Oc1ccccc1)c1c(c(C)n(-c3ccc(Br)cc3)c1C)P2(=[Se])Oc1ccccc1. The molecule has 0 fully saturated rings. The summed E-state index contributed by atoms with van der Waals surface area (Å²) in [5, 5.41) is 4.79. The van der Waals surface area contributed by atoms with Crippen molar-refractivity contribution in [3.05, 3.63) is 141 Å². The van der Waals surface area contributed by atoms with E-state index in [9.17, 15) is 0 Å². The van der Waals surface area contributed by atoms with E-state index in [1.165, 1.54) is 21.2 Å². The van der Waals surface area contributed by atoms with Crippen molar-refractivity contribution >= 4 is 94.7 Å². The standard InChI is InChI=1S/C36H30Br2N2O2P2Se2/c1-23-33-34(24(2)39(23)29-19-15-27(37)16-20-29)44(46,42-32-13-9-6-10-14-32)36-26(4)40(30-21-17-28(38)18-22-30)25(3)35(36)43(33,45)41-31-11-7-5-8-12-31/h5-22H,1-4H3. The summed E-state index contributed by atoms with van der Waals surface area (Å²) in [7, 11) is 0. The third kappa shape index (κ3) is 5.22. The third-order valence-electron chi connectivity index (χ3n) is 8.46. The molecule has 0 saturated carbocycles. The minimum atomic E-state index is -2.65. The molecular weight excluding hydrogens is 872 g/mol. The van der Waals surface area contributed by atoms with Gasteiger partial charge in [-0.05, 0) is 0 Å². The van der Waals surface area contributed by atoms with Crippen molar-refractivity contribution in [1.82, 2.24) is 9.13 Å². The zero-order valence-electron chi connectivity index (χ0n) is 25.6. The predicted octanol–water partition coefficient (Wildman–Crippen LogP) is 8.43. The van der Waals surface area contributed by atoms with Crippen molar-refractivity contribution in [3.8, 4) is 22.9 Å². The van der Waals surface area contributed by atoms with Crippen molar-refractivity contribution in [2.45, 2.75) is 27.7 Å². The van der Waals surface area contributed by atoms with Crippen molar-refractivity contribution in [1.29, 1.82) is 0 Å². The Kier molecular flexibility index (Phi) is 8.75. The summed E-state index contributed by atoms with van der Waals surface area (Å²) in [6.07, 6.45) is 0. The molecule has 0 amide bonds. The van der Waals surface area contributed by atoms with Crippen LogP contribution in [-0.4, -0.2) is 39.3 Å².